The lowest BCUT2D eigenvalue weighted by Gasteiger charge is -2.26. The summed E-state index contributed by atoms with van der Waals surface area (Å²) in [7, 11) is 0. The zero-order valence-corrected chi connectivity index (χ0v) is 14.2. The van der Waals surface area contributed by atoms with E-state index in [1.807, 2.05) is 18.2 Å². The molecule has 0 aliphatic carbocycles. The van der Waals surface area contributed by atoms with Gasteiger partial charge in [0.1, 0.15) is 5.82 Å². The van der Waals surface area contributed by atoms with Crippen molar-refractivity contribution in [3.8, 4) is 0 Å². The van der Waals surface area contributed by atoms with E-state index in [-0.39, 0.29) is 11.9 Å². The first-order chi connectivity index (χ1) is 12.1. The minimum atomic E-state index is -0.277. The van der Waals surface area contributed by atoms with Crippen molar-refractivity contribution in [3.05, 3.63) is 72.2 Å². The number of hydrogen-bond acceptors (Lipinski definition) is 5. The number of benzene rings is 2. The molecule has 0 amide bonds. The lowest BCUT2D eigenvalue weighted by Crippen LogP contribution is -2.32. The minimum absolute atomic E-state index is 0.211. The highest BCUT2D eigenvalue weighted by Crippen LogP contribution is 2.19. The number of rotatable bonds is 6. The lowest BCUT2D eigenvalue weighted by molar-refractivity contribution is 0.628. The number of halogens is 1. The van der Waals surface area contributed by atoms with Gasteiger partial charge in [-0.1, -0.05) is 30.3 Å². The molecule has 0 aliphatic heterocycles. The molecule has 3 rings (SSSR count). The summed E-state index contributed by atoms with van der Waals surface area (Å²) in [5.74, 6) is 0.835. The number of anilines is 3. The first kappa shape index (κ1) is 16.8. The van der Waals surface area contributed by atoms with Gasteiger partial charge in [0.15, 0.2) is 5.82 Å². The highest BCUT2D eigenvalue weighted by Gasteiger charge is 2.15. The molecule has 0 saturated carbocycles. The van der Waals surface area contributed by atoms with Crippen LogP contribution in [0, 0.1) is 5.82 Å². The summed E-state index contributed by atoms with van der Waals surface area (Å²) in [6, 6.07) is 16.5. The van der Waals surface area contributed by atoms with Gasteiger partial charge in [0.2, 0.25) is 5.95 Å². The Morgan fingerprint density at radius 2 is 1.76 bits per heavy atom. The van der Waals surface area contributed by atoms with Gasteiger partial charge < -0.3 is 10.2 Å². The van der Waals surface area contributed by atoms with E-state index >= 15 is 0 Å². The smallest absolute Gasteiger partial charge is 0.247 e. The van der Waals surface area contributed by atoms with Crippen LogP contribution in [0.1, 0.15) is 19.4 Å². The first-order valence-electron chi connectivity index (χ1n) is 8.15. The van der Waals surface area contributed by atoms with Crippen molar-refractivity contribution in [2.75, 3.05) is 10.2 Å². The van der Waals surface area contributed by atoms with Crippen molar-refractivity contribution in [1.29, 1.82) is 0 Å². The van der Waals surface area contributed by atoms with Crippen molar-refractivity contribution in [2.24, 2.45) is 0 Å². The molecule has 25 heavy (non-hydrogen) atoms. The van der Waals surface area contributed by atoms with Gasteiger partial charge in [-0.15, -0.1) is 5.10 Å². The number of aromatic nitrogens is 3. The monoisotopic (exact) mass is 337 g/mol. The molecule has 0 radical (unpaired) electrons. The Morgan fingerprint density at radius 1 is 1.04 bits per heavy atom. The van der Waals surface area contributed by atoms with Crippen LogP contribution in [0.5, 0.6) is 0 Å². The molecule has 1 N–H and O–H groups in total. The average Bonchev–Trinajstić information content (AvgIpc) is 2.62. The van der Waals surface area contributed by atoms with Crippen molar-refractivity contribution in [2.45, 2.75) is 26.4 Å². The van der Waals surface area contributed by atoms with E-state index < -0.39 is 0 Å². The second-order valence-electron chi connectivity index (χ2n) is 5.98. The predicted octanol–water partition coefficient (Wildman–Crippen LogP) is 4.17. The first-order valence-corrected chi connectivity index (χ1v) is 8.15. The molecule has 3 aromatic rings. The molecule has 0 fully saturated rings. The van der Waals surface area contributed by atoms with E-state index in [1.165, 1.54) is 17.7 Å². The zero-order valence-electron chi connectivity index (χ0n) is 14.2. The Bertz CT molecular complexity index is 806. The van der Waals surface area contributed by atoms with Gasteiger partial charge >= 0.3 is 0 Å². The summed E-state index contributed by atoms with van der Waals surface area (Å²) in [5.41, 5.74) is 1.92. The van der Waals surface area contributed by atoms with Gasteiger partial charge in [0.25, 0.3) is 0 Å². The van der Waals surface area contributed by atoms with E-state index in [2.05, 4.69) is 51.4 Å². The third-order valence-electron chi connectivity index (χ3n) is 3.74. The van der Waals surface area contributed by atoms with Crippen LogP contribution >= 0.6 is 0 Å². The molecule has 0 aliphatic rings. The predicted molar refractivity (Wildman–Crippen MR) is 97.3 cm³/mol. The molecular formula is C19H20FN5. The fraction of sp³-hybridized carbons (Fsp3) is 0.211. The zero-order chi connectivity index (χ0) is 17.6. The molecule has 0 bridgehead atoms. The normalized spacial score (nSPS) is 10.7. The van der Waals surface area contributed by atoms with Gasteiger partial charge in [0, 0.05) is 18.3 Å². The van der Waals surface area contributed by atoms with Gasteiger partial charge in [-0.25, -0.2) is 4.39 Å². The quantitative estimate of drug-likeness (QED) is 0.732. The minimum Gasteiger partial charge on any atom is -0.339 e. The molecule has 6 heteroatoms. The molecule has 0 saturated heterocycles. The Balaban J connectivity index is 1.81. The van der Waals surface area contributed by atoms with E-state index in [0.717, 1.165) is 5.69 Å². The second-order valence-corrected chi connectivity index (χ2v) is 5.98. The van der Waals surface area contributed by atoms with Crippen LogP contribution in [0.15, 0.2) is 60.8 Å². The molecule has 1 aromatic heterocycles. The van der Waals surface area contributed by atoms with Crippen LogP contribution in [-0.4, -0.2) is 21.2 Å². The Labute approximate surface area is 146 Å². The number of nitrogens with zero attached hydrogens (tertiary/aromatic N) is 4. The summed E-state index contributed by atoms with van der Waals surface area (Å²) >= 11 is 0. The number of nitrogens with one attached hydrogen (secondary N) is 1. The molecule has 2 aromatic carbocycles. The molecule has 0 spiro atoms. The highest BCUT2D eigenvalue weighted by molar-refractivity contribution is 5.56. The van der Waals surface area contributed by atoms with Gasteiger partial charge in [-0.3, -0.25) is 0 Å². The largest absolute Gasteiger partial charge is 0.339 e. The lowest BCUT2D eigenvalue weighted by atomic mass is 10.2. The molecule has 5 nitrogen and oxygen atoms in total. The van der Waals surface area contributed by atoms with Crippen LogP contribution < -0.4 is 10.2 Å². The maximum atomic E-state index is 13.0. The van der Waals surface area contributed by atoms with Crippen molar-refractivity contribution >= 4 is 17.5 Å². The Kier molecular flexibility index (Phi) is 5.18. The van der Waals surface area contributed by atoms with Crippen molar-refractivity contribution < 1.29 is 4.39 Å². The van der Waals surface area contributed by atoms with Crippen molar-refractivity contribution in [3.63, 3.8) is 0 Å². The van der Waals surface area contributed by atoms with Crippen LogP contribution in [0.4, 0.5) is 21.8 Å². The standard InChI is InChI=1S/C19H20FN5/c1-14(2)25(13-15-6-4-3-5-7-15)19-23-18(12-21-24-19)22-17-10-8-16(20)9-11-17/h3-12,14H,13H2,1-2H3,(H,22,23,24). The van der Waals surface area contributed by atoms with Crippen LogP contribution in [0.25, 0.3) is 0 Å². The molecule has 1 heterocycles. The van der Waals surface area contributed by atoms with E-state index in [9.17, 15) is 4.39 Å². The fourth-order valence-electron chi connectivity index (χ4n) is 2.42. The summed E-state index contributed by atoms with van der Waals surface area (Å²) in [5, 5.41) is 11.4. The van der Waals surface area contributed by atoms with Gasteiger partial charge in [0.05, 0.1) is 6.20 Å². The third-order valence-corrected chi connectivity index (χ3v) is 3.74. The topological polar surface area (TPSA) is 53.9 Å². The molecule has 128 valence electrons. The molecular weight excluding hydrogens is 317 g/mol. The maximum Gasteiger partial charge on any atom is 0.247 e. The average molecular weight is 337 g/mol. The SMILES string of the molecule is CC(C)N(Cc1ccccc1)c1nncc(Nc2ccc(F)cc2)n1. The summed E-state index contributed by atoms with van der Waals surface area (Å²) in [4.78, 5) is 6.64. The second kappa shape index (κ2) is 7.70. The van der Waals surface area contributed by atoms with Crippen LogP contribution in [-0.2, 0) is 6.54 Å². The third kappa shape index (κ3) is 4.50. The molecule has 0 atom stereocenters. The summed E-state index contributed by atoms with van der Waals surface area (Å²) in [6.45, 7) is 4.87. The summed E-state index contributed by atoms with van der Waals surface area (Å²) in [6.07, 6.45) is 1.55. The van der Waals surface area contributed by atoms with Crippen molar-refractivity contribution in [1.82, 2.24) is 15.2 Å². The van der Waals surface area contributed by atoms with Crippen LogP contribution in [0.3, 0.4) is 0 Å². The van der Waals surface area contributed by atoms with Crippen LogP contribution in [0.2, 0.25) is 0 Å². The maximum absolute atomic E-state index is 13.0. The van der Waals surface area contributed by atoms with E-state index in [1.54, 1.807) is 18.3 Å². The van der Waals surface area contributed by atoms with E-state index in [4.69, 9.17) is 0 Å². The van der Waals surface area contributed by atoms with E-state index in [0.29, 0.717) is 18.3 Å². The fourth-order valence-corrected chi connectivity index (χ4v) is 2.42. The summed E-state index contributed by atoms with van der Waals surface area (Å²) < 4.78 is 13.0. The number of hydrogen-bond donors (Lipinski definition) is 1. The Hall–Kier alpha value is -3.02. The molecule has 0 unspecified atom stereocenters. The highest BCUT2D eigenvalue weighted by atomic mass is 19.1. The van der Waals surface area contributed by atoms with Gasteiger partial charge in [-0.05, 0) is 43.7 Å². The van der Waals surface area contributed by atoms with Gasteiger partial charge in [-0.2, -0.15) is 10.1 Å². The Morgan fingerprint density at radius 3 is 2.44 bits per heavy atom.